The molecule has 0 unspecified atom stereocenters. The number of urea groups is 1. The molecule has 0 spiro atoms. The maximum atomic E-state index is 10.1. The summed E-state index contributed by atoms with van der Waals surface area (Å²) in [4.78, 5) is 20.1. The third kappa shape index (κ3) is 7.19. The molecule has 0 radical (unpaired) electrons. The summed E-state index contributed by atoms with van der Waals surface area (Å²) >= 11 is -3.40. The molecule has 11 heavy (non-hydrogen) atoms. The Morgan fingerprint density at radius 1 is 1.45 bits per heavy atom. The summed E-state index contributed by atoms with van der Waals surface area (Å²) in [7, 11) is 0. The highest BCUT2D eigenvalue weighted by Crippen LogP contribution is 1.73. The van der Waals surface area contributed by atoms with Gasteiger partial charge in [-0.1, -0.05) is 0 Å². The molecule has 8 heteroatoms. The van der Waals surface area contributed by atoms with Gasteiger partial charge in [0.15, 0.2) is 0 Å². The molecule has 64 valence electrons. The Balaban J connectivity index is 0.000000218. The van der Waals surface area contributed by atoms with E-state index in [0.29, 0.717) is 0 Å². The zero-order valence-electron chi connectivity index (χ0n) is 5.17. The van der Waals surface area contributed by atoms with Gasteiger partial charge in [0.2, 0.25) is 5.91 Å². The van der Waals surface area contributed by atoms with Gasteiger partial charge in [-0.3, -0.25) is 10.1 Å². The third-order valence-electron chi connectivity index (χ3n) is 0.662. The minimum absolute atomic E-state index is 0.124. The summed E-state index contributed by atoms with van der Waals surface area (Å²) in [6, 6.07) is -0.398. The zero-order chi connectivity index (χ0) is 8.85. The van der Waals surface area contributed by atoms with E-state index in [2.05, 4.69) is 5.32 Å². The van der Waals surface area contributed by atoms with E-state index < -0.39 is 20.8 Å². The highest BCUT2D eigenvalue weighted by molar-refractivity contribution is 6.01. The number of rotatable bonds is 0. The van der Waals surface area contributed by atoms with Gasteiger partial charge in [0.05, 0.1) is 6.54 Å². The number of amides is 3. The summed E-state index contributed by atoms with van der Waals surface area (Å²) in [6.45, 7) is 0.124. The van der Waals surface area contributed by atoms with E-state index in [0.717, 1.165) is 0 Å². The lowest BCUT2D eigenvalue weighted by atomic mass is 10.7. The molecule has 0 saturated carbocycles. The predicted octanol–water partition coefficient (Wildman–Crippen LogP) is -4.11. The Morgan fingerprint density at radius 2 is 1.91 bits per heavy atom. The van der Waals surface area contributed by atoms with Crippen molar-refractivity contribution in [2.75, 3.05) is 6.54 Å². The fraction of sp³-hybridized carbons (Fsp3) is 0.333. The number of carbonyl (C=O) groups is 2. The third-order valence-corrected chi connectivity index (χ3v) is 0.662. The molecule has 1 fully saturated rings. The van der Waals surface area contributed by atoms with Crippen LogP contribution in [-0.4, -0.2) is 22.7 Å². The van der Waals surface area contributed by atoms with E-state index in [1.807, 2.05) is 5.32 Å². The second kappa shape index (κ2) is 5.02. The first-order valence-corrected chi connectivity index (χ1v) is 4.35. The van der Waals surface area contributed by atoms with Crippen molar-refractivity contribution in [1.29, 1.82) is 0 Å². The van der Waals surface area contributed by atoms with Crippen molar-refractivity contribution in [2.24, 2.45) is 0 Å². The van der Waals surface area contributed by atoms with E-state index >= 15 is 0 Å². The summed E-state index contributed by atoms with van der Waals surface area (Å²) < 4.78 is 24.3. The van der Waals surface area contributed by atoms with Crippen molar-refractivity contribution in [3.8, 4) is 0 Å². The first-order chi connectivity index (χ1) is 5.02. The zero-order valence-corrected chi connectivity index (χ0v) is 6.75. The Hall–Kier alpha value is -0.700. The largest absolute Gasteiger partial charge is 0.433 e. The Labute approximate surface area is 66.8 Å². The Bertz CT molecular complexity index is 143. The molecule has 0 atom stereocenters. The van der Waals surface area contributed by atoms with E-state index in [-0.39, 0.29) is 12.5 Å². The average Bonchev–Trinajstić information content (AvgIpc) is 2.13. The maximum absolute atomic E-state index is 10.1. The van der Waals surface area contributed by atoms with Crippen molar-refractivity contribution in [3.63, 3.8) is 0 Å². The Kier molecular flexibility index (Phi) is 4.70. The minimum atomic E-state index is -3.40. The number of hydrogen-bond acceptors (Lipinski definition) is 5. The Morgan fingerprint density at radius 3 is 2.00 bits per heavy atom. The second-order valence-corrected chi connectivity index (χ2v) is 2.28. The maximum Gasteiger partial charge on any atom is 0.433 e. The van der Waals surface area contributed by atoms with Crippen LogP contribution >= 0.6 is 0 Å². The molecule has 3 amide bonds. The first-order valence-electron chi connectivity index (χ1n) is 2.34. The average molecular weight is 229 g/mol. The van der Waals surface area contributed by atoms with E-state index in [1.165, 1.54) is 0 Å². The monoisotopic (exact) mass is 228 g/mol. The van der Waals surface area contributed by atoms with Gasteiger partial charge in [-0.25, -0.2) is 4.79 Å². The fourth-order valence-corrected chi connectivity index (χ4v) is 0.376. The van der Waals surface area contributed by atoms with Gasteiger partial charge in [0.1, 0.15) is 0 Å². The molecule has 0 aromatic heterocycles. The first kappa shape index (κ1) is 10.3. The number of halogens is 1. The summed E-state index contributed by atoms with van der Waals surface area (Å²) in [6.07, 6.45) is 0. The van der Waals surface area contributed by atoms with Crippen LogP contribution in [0.3, 0.4) is 0 Å². The van der Waals surface area contributed by atoms with Gasteiger partial charge in [0.25, 0.3) is 0 Å². The molecule has 0 aromatic rings. The van der Waals surface area contributed by atoms with Crippen LogP contribution in [0, 0.1) is 14.8 Å². The minimum Gasteiger partial charge on any atom is -0.372 e. The summed E-state index contributed by atoms with van der Waals surface area (Å²) in [5.41, 5.74) is 0. The quantitative estimate of drug-likeness (QED) is 0.364. The smallest absolute Gasteiger partial charge is 0.372 e. The van der Waals surface area contributed by atoms with Crippen molar-refractivity contribution in [1.82, 2.24) is 10.6 Å². The SMILES string of the molecule is O=C1CNC(=O)N1.[O-][Br+2]([O-])O. The molecular formula is C3H5BrN2O5. The number of nitrogens with one attached hydrogen (secondary N) is 2. The van der Waals surface area contributed by atoms with Crippen LogP contribution in [-0.2, 0) is 4.79 Å². The number of hydrogen-bond donors (Lipinski definition) is 3. The van der Waals surface area contributed by atoms with Gasteiger partial charge in [0, 0.05) is 0 Å². The van der Waals surface area contributed by atoms with Crippen LogP contribution < -0.4 is 19.0 Å². The molecule has 3 N–H and O–H groups in total. The van der Waals surface area contributed by atoms with Crippen LogP contribution in [0.15, 0.2) is 0 Å². The standard InChI is InChI=1S/C3H4N2O2.BrHO3/c6-2-1-4-3(7)5-2;2-1(3)4/h1H2,(H2,4,5,6,7);2H. The molecule has 7 nitrogen and oxygen atoms in total. The summed E-state index contributed by atoms with van der Waals surface area (Å²) in [5, 5.41) is 4.30. The summed E-state index contributed by atoms with van der Waals surface area (Å²) in [5.74, 6) is -0.259. The molecule has 0 bridgehead atoms. The fourth-order valence-electron chi connectivity index (χ4n) is 0.376. The normalized spacial score (nSPS) is 15.3. The molecule has 1 rings (SSSR count). The van der Waals surface area contributed by atoms with Gasteiger partial charge >= 0.3 is 20.8 Å². The van der Waals surface area contributed by atoms with Crippen molar-refractivity contribution < 1.29 is 37.0 Å². The van der Waals surface area contributed by atoms with Crippen LogP contribution in [0.1, 0.15) is 0 Å². The van der Waals surface area contributed by atoms with Gasteiger partial charge in [-0.2, -0.15) is 0 Å². The molecule has 0 aliphatic carbocycles. The lowest BCUT2D eigenvalue weighted by molar-refractivity contribution is -1.63. The molecule has 0 aromatic carbocycles. The highest BCUT2D eigenvalue weighted by atomic mass is 80.0. The molecular weight excluding hydrogens is 224 g/mol. The second-order valence-electron chi connectivity index (χ2n) is 1.43. The lowest BCUT2D eigenvalue weighted by Gasteiger charge is -1.78. The molecule has 1 aliphatic rings. The topological polar surface area (TPSA) is 125 Å². The van der Waals surface area contributed by atoms with Gasteiger partial charge in [-0.05, 0) is 4.20 Å². The number of imide groups is 1. The number of carbonyl (C=O) groups excluding carboxylic acids is 2. The molecule has 1 saturated heterocycles. The molecule has 1 aliphatic heterocycles. The van der Waals surface area contributed by atoms with Crippen LogP contribution in [0.5, 0.6) is 0 Å². The van der Waals surface area contributed by atoms with Crippen molar-refractivity contribution in [3.05, 3.63) is 0 Å². The van der Waals surface area contributed by atoms with Crippen LogP contribution in [0.2, 0.25) is 0 Å². The lowest BCUT2D eigenvalue weighted by Crippen LogP contribution is -2.30. The van der Waals surface area contributed by atoms with E-state index in [1.54, 1.807) is 0 Å². The highest BCUT2D eigenvalue weighted by Gasteiger charge is 2.14. The van der Waals surface area contributed by atoms with Gasteiger partial charge in [-0.15, -0.1) is 0 Å². The van der Waals surface area contributed by atoms with Crippen LogP contribution in [0.4, 0.5) is 4.79 Å². The van der Waals surface area contributed by atoms with Crippen LogP contribution in [0.25, 0.3) is 0 Å². The predicted molar refractivity (Wildman–Crippen MR) is 23.8 cm³/mol. The molecule has 1 heterocycles. The van der Waals surface area contributed by atoms with Crippen molar-refractivity contribution in [2.45, 2.75) is 0 Å². The van der Waals surface area contributed by atoms with Gasteiger partial charge < -0.3 is 13.7 Å². The van der Waals surface area contributed by atoms with E-state index in [9.17, 15) is 9.59 Å². The van der Waals surface area contributed by atoms with E-state index in [4.69, 9.17) is 12.6 Å². The van der Waals surface area contributed by atoms with Crippen molar-refractivity contribution >= 4 is 11.9 Å².